The highest BCUT2D eigenvalue weighted by molar-refractivity contribution is 7.87. The van der Waals surface area contributed by atoms with Gasteiger partial charge in [-0.15, -0.1) is 0 Å². The van der Waals surface area contributed by atoms with E-state index in [2.05, 4.69) is 24.2 Å². The Morgan fingerprint density at radius 1 is 1.00 bits per heavy atom. The summed E-state index contributed by atoms with van der Waals surface area (Å²) >= 11 is 0. The van der Waals surface area contributed by atoms with E-state index in [-0.39, 0.29) is 5.75 Å². The molecule has 0 aliphatic heterocycles. The van der Waals surface area contributed by atoms with Gasteiger partial charge in [0.25, 0.3) is 10.1 Å². The van der Waals surface area contributed by atoms with E-state index in [1.54, 1.807) is 0 Å². The molecule has 21 heavy (non-hydrogen) atoms. The van der Waals surface area contributed by atoms with Gasteiger partial charge in [0.05, 0.1) is 5.75 Å². The molecule has 1 fully saturated rings. The lowest BCUT2D eigenvalue weighted by atomic mass is 9.95. The zero-order chi connectivity index (χ0) is 16.3. The number of hydrogen-bond donors (Lipinski definition) is 0. The molecule has 0 unspecified atom stereocenters. The van der Waals surface area contributed by atoms with E-state index in [0.717, 1.165) is 0 Å². The molecule has 1 saturated carbocycles. The van der Waals surface area contributed by atoms with Crippen molar-refractivity contribution in [3.05, 3.63) is 0 Å². The van der Waals surface area contributed by atoms with E-state index >= 15 is 0 Å². The molecule has 0 radical (unpaired) electrons. The van der Waals surface area contributed by atoms with Crippen molar-refractivity contribution >= 4 is 26.7 Å². The minimum atomic E-state index is -3.39. The molecule has 1 aliphatic rings. The first kappa shape index (κ1) is 19.4. The fourth-order valence-corrected chi connectivity index (χ4v) is 9.19. The standard InChI is InChI=1S/C14H33NO3SSi2/c1-20(2,3)15(14-10-8-7-9-11-14)12-13-19(16,17)18-21(4,5)6/h14H,7-13H2,1-6H3. The summed E-state index contributed by atoms with van der Waals surface area (Å²) in [4.78, 5) is 0. The van der Waals surface area contributed by atoms with Crippen molar-refractivity contribution in [3.63, 3.8) is 0 Å². The Labute approximate surface area is 133 Å². The molecule has 0 bridgehead atoms. The van der Waals surface area contributed by atoms with E-state index in [1.807, 2.05) is 19.6 Å². The highest BCUT2D eigenvalue weighted by Gasteiger charge is 2.33. The van der Waals surface area contributed by atoms with E-state index in [4.69, 9.17) is 3.87 Å². The van der Waals surface area contributed by atoms with Crippen molar-refractivity contribution in [1.82, 2.24) is 4.57 Å². The average molecular weight is 352 g/mol. The smallest absolute Gasteiger partial charge is 0.259 e. The van der Waals surface area contributed by atoms with Gasteiger partial charge in [-0.05, 0) is 32.5 Å². The van der Waals surface area contributed by atoms with Crippen molar-refractivity contribution < 1.29 is 12.3 Å². The third-order valence-electron chi connectivity index (χ3n) is 3.84. The van der Waals surface area contributed by atoms with Crippen LogP contribution in [0.1, 0.15) is 32.1 Å². The molecule has 0 aromatic heterocycles. The van der Waals surface area contributed by atoms with Crippen LogP contribution in [0, 0.1) is 0 Å². The van der Waals surface area contributed by atoms with Crippen LogP contribution in [0.2, 0.25) is 39.3 Å². The van der Waals surface area contributed by atoms with Gasteiger partial charge in [0.2, 0.25) is 8.32 Å². The van der Waals surface area contributed by atoms with Crippen molar-refractivity contribution in [1.29, 1.82) is 0 Å². The summed E-state index contributed by atoms with van der Waals surface area (Å²) in [5.41, 5.74) is 0. The summed E-state index contributed by atoms with van der Waals surface area (Å²) in [5, 5.41) is 0. The monoisotopic (exact) mass is 351 g/mol. The predicted molar refractivity (Wildman–Crippen MR) is 95.1 cm³/mol. The zero-order valence-electron chi connectivity index (χ0n) is 14.6. The highest BCUT2D eigenvalue weighted by atomic mass is 32.2. The molecule has 0 spiro atoms. The second-order valence-corrected chi connectivity index (χ2v) is 19.4. The highest BCUT2D eigenvalue weighted by Crippen LogP contribution is 2.26. The lowest BCUT2D eigenvalue weighted by Crippen LogP contribution is -2.54. The van der Waals surface area contributed by atoms with Crippen LogP contribution < -0.4 is 0 Å². The summed E-state index contributed by atoms with van der Waals surface area (Å²) < 4.78 is 32.2. The molecule has 0 amide bonds. The summed E-state index contributed by atoms with van der Waals surface area (Å²) in [5.74, 6) is 0.137. The van der Waals surface area contributed by atoms with Gasteiger partial charge in [0.1, 0.15) is 8.24 Å². The Morgan fingerprint density at radius 2 is 1.52 bits per heavy atom. The molecule has 0 heterocycles. The van der Waals surface area contributed by atoms with Crippen LogP contribution in [0.4, 0.5) is 0 Å². The quantitative estimate of drug-likeness (QED) is 0.657. The van der Waals surface area contributed by atoms with Crippen molar-refractivity contribution in [2.24, 2.45) is 0 Å². The Balaban J connectivity index is 2.70. The van der Waals surface area contributed by atoms with Gasteiger partial charge >= 0.3 is 0 Å². The van der Waals surface area contributed by atoms with E-state index in [0.29, 0.717) is 12.6 Å². The summed E-state index contributed by atoms with van der Waals surface area (Å²) in [6, 6.07) is 0.576. The molecular weight excluding hydrogens is 318 g/mol. The van der Waals surface area contributed by atoms with Crippen molar-refractivity contribution in [3.8, 4) is 0 Å². The maximum atomic E-state index is 12.2. The third-order valence-corrected chi connectivity index (χ3v) is 9.85. The Bertz CT molecular complexity index is 420. The minimum absolute atomic E-state index is 0.137. The molecule has 1 aliphatic carbocycles. The van der Waals surface area contributed by atoms with Crippen LogP contribution >= 0.6 is 0 Å². The molecular formula is C14H33NO3SSi2. The van der Waals surface area contributed by atoms with Crippen LogP contribution in [-0.2, 0) is 14.0 Å². The van der Waals surface area contributed by atoms with E-state index < -0.39 is 26.7 Å². The second-order valence-electron chi connectivity index (χ2n) is 8.11. The molecule has 0 N–H and O–H groups in total. The van der Waals surface area contributed by atoms with Gasteiger partial charge in [0, 0.05) is 12.6 Å². The summed E-state index contributed by atoms with van der Waals surface area (Å²) in [6.45, 7) is 13.3. The van der Waals surface area contributed by atoms with Crippen molar-refractivity contribution in [2.75, 3.05) is 12.3 Å². The fraction of sp³-hybridized carbons (Fsp3) is 1.00. The Kier molecular flexibility index (Phi) is 6.68. The van der Waals surface area contributed by atoms with Crippen LogP contribution in [0.25, 0.3) is 0 Å². The molecule has 1 rings (SSSR count). The minimum Gasteiger partial charge on any atom is -0.320 e. The van der Waals surface area contributed by atoms with E-state index in [9.17, 15) is 8.42 Å². The van der Waals surface area contributed by atoms with Gasteiger partial charge < -0.3 is 8.44 Å². The Morgan fingerprint density at radius 3 is 1.95 bits per heavy atom. The largest absolute Gasteiger partial charge is 0.320 e. The van der Waals surface area contributed by atoms with Crippen molar-refractivity contribution in [2.45, 2.75) is 77.4 Å². The molecule has 0 aromatic carbocycles. The summed E-state index contributed by atoms with van der Waals surface area (Å²) in [6.07, 6.45) is 6.33. The SMILES string of the molecule is C[Si](C)(C)OS(=O)(=O)CCN(C1CCCCC1)[Si](C)(C)C. The second kappa shape index (κ2) is 7.25. The first-order chi connectivity index (χ1) is 9.41. The average Bonchev–Trinajstić information content (AvgIpc) is 2.25. The van der Waals surface area contributed by atoms with Gasteiger partial charge in [-0.3, -0.25) is 0 Å². The number of hydrogen-bond acceptors (Lipinski definition) is 4. The van der Waals surface area contributed by atoms with Crippen LogP contribution in [0.3, 0.4) is 0 Å². The molecule has 0 saturated heterocycles. The van der Waals surface area contributed by atoms with Gasteiger partial charge in [-0.1, -0.05) is 38.9 Å². The van der Waals surface area contributed by atoms with Crippen LogP contribution in [0.5, 0.6) is 0 Å². The summed E-state index contributed by atoms with van der Waals surface area (Å²) in [7, 11) is -6.94. The van der Waals surface area contributed by atoms with Crippen LogP contribution in [0.15, 0.2) is 0 Å². The van der Waals surface area contributed by atoms with Gasteiger partial charge in [0.15, 0.2) is 0 Å². The predicted octanol–water partition coefficient (Wildman–Crippen LogP) is 3.64. The number of nitrogens with zero attached hydrogens (tertiary/aromatic N) is 1. The van der Waals surface area contributed by atoms with Gasteiger partial charge in [-0.2, -0.15) is 0 Å². The first-order valence-corrected chi connectivity index (χ1v) is 16.5. The molecule has 126 valence electrons. The number of rotatable bonds is 7. The zero-order valence-corrected chi connectivity index (χ0v) is 17.4. The molecule has 0 atom stereocenters. The Hall–Kier alpha value is 0.304. The lowest BCUT2D eigenvalue weighted by molar-refractivity contribution is 0.254. The molecule has 7 heteroatoms. The maximum Gasteiger partial charge on any atom is 0.259 e. The fourth-order valence-electron chi connectivity index (χ4n) is 3.09. The molecule has 4 nitrogen and oxygen atoms in total. The third kappa shape index (κ3) is 7.41. The van der Waals surface area contributed by atoms with Gasteiger partial charge in [-0.25, -0.2) is 8.42 Å². The first-order valence-electron chi connectivity index (χ1n) is 8.11. The van der Waals surface area contributed by atoms with E-state index in [1.165, 1.54) is 32.1 Å². The lowest BCUT2D eigenvalue weighted by Gasteiger charge is -2.42. The molecule has 0 aromatic rings. The topological polar surface area (TPSA) is 46.6 Å². The maximum absolute atomic E-state index is 12.2. The normalized spacial score (nSPS) is 19.2. The van der Waals surface area contributed by atoms with Crippen LogP contribution in [-0.4, -0.2) is 47.9 Å².